The molecular weight excluding hydrogens is 258 g/mol. The highest BCUT2D eigenvalue weighted by molar-refractivity contribution is 5.85. The number of ether oxygens (including phenoxy) is 1. The highest BCUT2D eigenvalue weighted by atomic mass is 16.5. The van der Waals surface area contributed by atoms with Crippen LogP contribution in [0.1, 0.15) is 16.1 Å². The van der Waals surface area contributed by atoms with Crippen molar-refractivity contribution < 1.29 is 14.6 Å². The third-order valence-electron chi connectivity index (χ3n) is 2.52. The molecule has 6 nitrogen and oxygen atoms in total. The molecule has 0 radical (unpaired) electrons. The maximum absolute atomic E-state index is 10.7. The fraction of sp³-hybridized carbons (Fsp3) is 0.214. The Bertz CT molecular complexity index is 602. The van der Waals surface area contributed by atoms with Gasteiger partial charge in [-0.25, -0.2) is 9.78 Å². The highest BCUT2D eigenvalue weighted by Gasteiger charge is 2.05. The second-order valence-corrected chi connectivity index (χ2v) is 4.19. The smallest absolute Gasteiger partial charge is 0.356 e. The Balaban J connectivity index is 1.81. The van der Waals surface area contributed by atoms with Gasteiger partial charge in [-0.3, -0.25) is 4.98 Å². The lowest BCUT2D eigenvalue weighted by molar-refractivity contribution is 0.0690. The molecule has 20 heavy (non-hydrogen) atoms. The van der Waals surface area contributed by atoms with Crippen LogP contribution in [-0.4, -0.2) is 34.2 Å². The maximum atomic E-state index is 10.7. The molecule has 0 fully saturated rings. The number of aromatic carboxylic acids is 1. The third-order valence-corrected chi connectivity index (χ3v) is 2.52. The number of carboxylic acid groups (broad SMARTS) is 1. The molecule has 0 spiro atoms. The fourth-order valence-electron chi connectivity index (χ4n) is 1.61. The summed E-state index contributed by atoms with van der Waals surface area (Å²) in [5.74, 6) is 0.118. The topological polar surface area (TPSA) is 84.3 Å². The van der Waals surface area contributed by atoms with Crippen molar-refractivity contribution in [2.75, 3.05) is 18.5 Å². The van der Waals surface area contributed by atoms with Crippen LogP contribution in [0.5, 0.6) is 5.75 Å². The van der Waals surface area contributed by atoms with Gasteiger partial charge >= 0.3 is 5.97 Å². The predicted octanol–water partition coefficient (Wildman–Crippen LogP) is 1.97. The van der Waals surface area contributed by atoms with E-state index >= 15 is 0 Å². The Morgan fingerprint density at radius 1 is 1.40 bits per heavy atom. The van der Waals surface area contributed by atoms with Crippen LogP contribution in [0.15, 0.2) is 36.7 Å². The number of carboxylic acids is 1. The number of anilines is 1. The molecule has 6 heteroatoms. The molecule has 0 amide bonds. The lowest BCUT2D eigenvalue weighted by Gasteiger charge is -2.08. The second kappa shape index (κ2) is 6.51. The Hall–Kier alpha value is -2.63. The van der Waals surface area contributed by atoms with Crippen molar-refractivity contribution in [1.82, 2.24) is 9.97 Å². The molecule has 0 bridgehead atoms. The first-order valence-corrected chi connectivity index (χ1v) is 6.14. The molecule has 0 unspecified atom stereocenters. The van der Waals surface area contributed by atoms with E-state index in [1.165, 1.54) is 12.4 Å². The second-order valence-electron chi connectivity index (χ2n) is 4.19. The van der Waals surface area contributed by atoms with Crippen LogP contribution in [-0.2, 0) is 0 Å². The SMILES string of the molecule is Cc1cccc(OCCNc2cncc(C(=O)O)n2)c1. The Morgan fingerprint density at radius 3 is 3.00 bits per heavy atom. The summed E-state index contributed by atoms with van der Waals surface area (Å²) in [6.07, 6.45) is 2.68. The number of carbonyl (C=O) groups is 1. The van der Waals surface area contributed by atoms with Gasteiger partial charge in [0.25, 0.3) is 0 Å². The molecule has 0 saturated heterocycles. The first-order chi connectivity index (χ1) is 9.65. The zero-order valence-electron chi connectivity index (χ0n) is 11.0. The molecule has 104 valence electrons. The monoisotopic (exact) mass is 273 g/mol. The van der Waals surface area contributed by atoms with E-state index in [1.807, 2.05) is 31.2 Å². The molecule has 1 heterocycles. The minimum atomic E-state index is -1.10. The summed E-state index contributed by atoms with van der Waals surface area (Å²) >= 11 is 0. The van der Waals surface area contributed by atoms with Gasteiger partial charge in [0.1, 0.15) is 18.2 Å². The van der Waals surface area contributed by atoms with E-state index in [0.29, 0.717) is 19.0 Å². The number of benzene rings is 1. The molecule has 1 aromatic carbocycles. The molecule has 2 rings (SSSR count). The molecule has 1 aromatic heterocycles. The van der Waals surface area contributed by atoms with Crippen LogP contribution < -0.4 is 10.1 Å². The maximum Gasteiger partial charge on any atom is 0.356 e. The average molecular weight is 273 g/mol. The summed E-state index contributed by atoms with van der Waals surface area (Å²) in [6, 6.07) is 7.76. The minimum Gasteiger partial charge on any atom is -0.492 e. The molecule has 0 aliphatic heterocycles. The number of nitrogens with zero attached hydrogens (tertiary/aromatic N) is 2. The fourth-order valence-corrected chi connectivity index (χ4v) is 1.61. The Morgan fingerprint density at radius 2 is 2.25 bits per heavy atom. The van der Waals surface area contributed by atoms with Gasteiger partial charge in [-0.15, -0.1) is 0 Å². The van der Waals surface area contributed by atoms with E-state index in [9.17, 15) is 4.79 Å². The first kappa shape index (κ1) is 13.8. The third kappa shape index (κ3) is 3.94. The van der Waals surface area contributed by atoms with Crippen LogP contribution in [0.4, 0.5) is 5.82 Å². The standard InChI is InChI=1S/C14H15N3O3/c1-10-3-2-4-11(7-10)20-6-5-16-13-9-15-8-12(17-13)14(18)19/h2-4,7-9H,5-6H2,1H3,(H,16,17)(H,18,19). The van der Waals surface area contributed by atoms with Gasteiger partial charge in [0.15, 0.2) is 5.69 Å². The van der Waals surface area contributed by atoms with Crippen LogP contribution in [0, 0.1) is 6.92 Å². The van der Waals surface area contributed by atoms with Crippen LogP contribution in [0.3, 0.4) is 0 Å². The van der Waals surface area contributed by atoms with Crippen molar-refractivity contribution in [3.63, 3.8) is 0 Å². The van der Waals surface area contributed by atoms with Crippen molar-refractivity contribution in [1.29, 1.82) is 0 Å². The zero-order valence-corrected chi connectivity index (χ0v) is 11.0. The molecule has 2 N–H and O–H groups in total. The van der Waals surface area contributed by atoms with Crippen LogP contribution in [0.2, 0.25) is 0 Å². The number of aryl methyl sites for hydroxylation is 1. The molecule has 0 saturated carbocycles. The number of nitrogens with one attached hydrogen (secondary N) is 1. The van der Waals surface area contributed by atoms with Gasteiger partial charge < -0.3 is 15.2 Å². The van der Waals surface area contributed by atoms with E-state index in [0.717, 1.165) is 11.3 Å². The van der Waals surface area contributed by atoms with Crippen molar-refractivity contribution in [3.05, 3.63) is 47.9 Å². The number of hydrogen-bond acceptors (Lipinski definition) is 5. The van der Waals surface area contributed by atoms with Crippen LogP contribution in [0.25, 0.3) is 0 Å². The van der Waals surface area contributed by atoms with E-state index in [2.05, 4.69) is 15.3 Å². The highest BCUT2D eigenvalue weighted by Crippen LogP contribution is 2.12. The minimum absolute atomic E-state index is 0.0883. The van der Waals surface area contributed by atoms with E-state index in [1.54, 1.807) is 0 Å². The zero-order chi connectivity index (χ0) is 14.4. The summed E-state index contributed by atoms with van der Waals surface area (Å²) in [5, 5.41) is 11.8. The molecule has 0 atom stereocenters. The quantitative estimate of drug-likeness (QED) is 0.783. The van der Waals surface area contributed by atoms with Gasteiger partial charge in [0.2, 0.25) is 0 Å². The van der Waals surface area contributed by atoms with Crippen molar-refractivity contribution >= 4 is 11.8 Å². The molecule has 2 aromatic rings. The van der Waals surface area contributed by atoms with Gasteiger partial charge in [0, 0.05) is 0 Å². The van der Waals surface area contributed by atoms with Gasteiger partial charge in [-0.05, 0) is 24.6 Å². The van der Waals surface area contributed by atoms with E-state index in [-0.39, 0.29) is 5.69 Å². The van der Waals surface area contributed by atoms with Gasteiger partial charge in [-0.2, -0.15) is 0 Å². The van der Waals surface area contributed by atoms with Crippen LogP contribution >= 0.6 is 0 Å². The number of aromatic nitrogens is 2. The normalized spacial score (nSPS) is 10.1. The summed E-state index contributed by atoms with van der Waals surface area (Å²) in [5.41, 5.74) is 1.05. The number of rotatable bonds is 6. The largest absolute Gasteiger partial charge is 0.492 e. The summed E-state index contributed by atoms with van der Waals surface area (Å²) in [4.78, 5) is 18.5. The van der Waals surface area contributed by atoms with Crippen molar-refractivity contribution in [3.8, 4) is 5.75 Å². The molecule has 0 aliphatic rings. The van der Waals surface area contributed by atoms with E-state index < -0.39 is 5.97 Å². The Labute approximate surface area is 116 Å². The van der Waals surface area contributed by atoms with Gasteiger partial charge in [0.05, 0.1) is 18.9 Å². The summed E-state index contributed by atoms with van der Waals surface area (Å²) in [6.45, 7) is 2.95. The lowest BCUT2D eigenvalue weighted by Crippen LogP contribution is -2.13. The predicted molar refractivity (Wildman–Crippen MR) is 74.2 cm³/mol. The molecular formula is C14H15N3O3. The van der Waals surface area contributed by atoms with Gasteiger partial charge in [-0.1, -0.05) is 12.1 Å². The summed E-state index contributed by atoms with van der Waals surface area (Å²) in [7, 11) is 0. The number of hydrogen-bond donors (Lipinski definition) is 2. The molecule has 0 aliphatic carbocycles. The lowest BCUT2D eigenvalue weighted by atomic mass is 10.2. The van der Waals surface area contributed by atoms with Crippen molar-refractivity contribution in [2.45, 2.75) is 6.92 Å². The first-order valence-electron chi connectivity index (χ1n) is 6.14. The van der Waals surface area contributed by atoms with E-state index in [4.69, 9.17) is 9.84 Å². The Kier molecular flexibility index (Phi) is 4.49. The summed E-state index contributed by atoms with van der Waals surface area (Å²) < 4.78 is 5.56. The average Bonchev–Trinajstić information content (AvgIpc) is 2.44. The van der Waals surface area contributed by atoms with Crippen molar-refractivity contribution in [2.24, 2.45) is 0 Å².